The Bertz CT molecular complexity index is 477. The van der Waals surface area contributed by atoms with Crippen molar-refractivity contribution in [2.24, 2.45) is 0 Å². The van der Waals surface area contributed by atoms with E-state index >= 15 is 0 Å². The molecule has 0 aromatic heterocycles. The second-order valence-corrected chi connectivity index (χ2v) is 5.40. The van der Waals surface area contributed by atoms with Gasteiger partial charge in [0.05, 0.1) is 4.20 Å². The lowest BCUT2D eigenvalue weighted by Crippen LogP contribution is -1.90. The Balaban J connectivity index is 2.11. The summed E-state index contributed by atoms with van der Waals surface area (Å²) in [6, 6.07) is 17.7. The van der Waals surface area contributed by atoms with Crippen molar-refractivity contribution in [3.8, 4) is 0 Å². The third kappa shape index (κ3) is 3.08. The molecule has 80 valence electrons. The van der Waals surface area contributed by atoms with Crippen molar-refractivity contribution >= 4 is 39.8 Å². The minimum absolute atomic E-state index is 0.745. The summed E-state index contributed by atoms with van der Waals surface area (Å²) in [5.74, 6) is 0. The van der Waals surface area contributed by atoms with E-state index in [0.717, 1.165) is 19.7 Å². The van der Waals surface area contributed by atoms with Crippen molar-refractivity contribution in [1.29, 1.82) is 0 Å². The first-order valence-corrected chi connectivity index (χ1v) is 6.39. The van der Waals surface area contributed by atoms with Gasteiger partial charge in [-0.3, -0.25) is 0 Å². The van der Waals surface area contributed by atoms with Crippen molar-refractivity contribution in [3.63, 3.8) is 0 Å². The predicted molar refractivity (Wildman–Crippen MR) is 75.5 cm³/mol. The van der Waals surface area contributed by atoms with Crippen molar-refractivity contribution in [3.05, 3.63) is 65.2 Å². The van der Waals surface area contributed by atoms with Crippen LogP contribution in [0.25, 0.3) is 0 Å². The smallest absolute Gasteiger partial charge is 0.0825 e. The fourth-order valence-corrected chi connectivity index (χ4v) is 2.53. The van der Waals surface area contributed by atoms with Crippen molar-refractivity contribution in [2.45, 2.75) is 4.90 Å². The maximum absolute atomic E-state index is 5.82. The Morgan fingerprint density at radius 3 is 2.19 bits per heavy atom. The molecule has 2 aromatic carbocycles. The molecule has 0 amide bonds. The molecular weight excluding hydrogens is 256 g/mol. The van der Waals surface area contributed by atoms with Gasteiger partial charge in [-0.2, -0.15) is 0 Å². The van der Waals surface area contributed by atoms with Crippen LogP contribution in [0.2, 0.25) is 5.02 Å². The maximum Gasteiger partial charge on any atom is 0.0825 e. The van der Waals surface area contributed by atoms with E-state index in [2.05, 4.69) is 0 Å². The Labute approximate surface area is 110 Å². The molecule has 0 heterocycles. The molecule has 2 aromatic rings. The number of rotatable bonds is 2. The number of hydrogen-bond acceptors (Lipinski definition) is 2. The summed E-state index contributed by atoms with van der Waals surface area (Å²) >= 11 is 12.8. The van der Waals surface area contributed by atoms with Crippen LogP contribution in [-0.2, 0) is 0 Å². The zero-order valence-corrected chi connectivity index (χ0v) is 10.8. The Morgan fingerprint density at radius 1 is 0.938 bits per heavy atom. The van der Waals surface area contributed by atoms with Crippen LogP contribution in [0.5, 0.6) is 0 Å². The molecule has 0 aliphatic rings. The van der Waals surface area contributed by atoms with E-state index in [1.807, 2.05) is 54.6 Å². The van der Waals surface area contributed by atoms with Gasteiger partial charge in [-0.1, -0.05) is 65.9 Å². The van der Waals surface area contributed by atoms with Gasteiger partial charge in [0.25, 0.3) is 0 Å². The summed E-state index contributed by atoms with van der Waals surface area (Å²) in [5, 5.41) is 0.745. The second kappa shape index (κ2) is 5.48. The summed E-state index contributed by atoms with van der Waals surface area (Å²) in [5.41, 5.74) is 1.08. The molecule has 16 heavy (non-hydrogen) atoms. The highest BCUT2D eigenvalue weighted by Gasteiger charge is 2.02. The summed E-state index contributed by atoms with van der Waals surface area (Å²) < 4.78 is 0.878. The van der Waals surface area contributed by atoms with Gasteiger partial charge in [0.1, 0.15) is 0 Å². The average Bonchev–Trinajstić information content (AvgIpc) is 2.33. The van der Waals surface area contributed by atoms with E-state index in [1.165, 1.54) is 0 Å². The van der Waals surface area contributed by atoms with E-state index in [9.17, 15) is 0 Å². The van der Waals surface area contributed by atoms with Gasteiger partial charge in [-0.15, -0.1) is 0 Å². The molecule has 0 fully saturated rings. The fraction of sp³-hybridized carbons (Fsp3) is 0. The molecule has 0 unspecified atom stereocenters. The van der Waals surface area contributed by atoms with Crippen LogP contribution in [0.15, 0.2) is 59.5 Å². The standard InChI is InChI=1S/C13H9ClS2/c14-11-6-8-12(9-7-11)16-13(15)10-4-2-1-3-5-10/h1-9H. The summed E-state index contributed by atoms with van der Waals surface area (Å²) in [6.45, 7) is 0. The molecule has 0 saturated carbocycles. The van der Waals surface area contributed by atoms with Crippen molar-refractivity contribution in [1.82, 2.24) is 0 Å². The Hall–Kier alpha value is -0.830. The summed E-state index contributed by atoms with van der Waals surface area (Å²) in [7, 11) is 0. The highest BCUT2D eigenvalue weighted by atomic mass is 35.5. The normalized spacial score (nSPS) is 10.1. The highest BCUT2D eigenvalue weighted by Crippen LogP contribution is 2.24. The monoisotopic (exact) mass is 264 g/mol. The molecule has 0 saturated heterocycles. The van der Waals surface area contributed by atoms with Gasteiger partial charge >= 0.3 is 0 Å². The number of thioether (sulfide) groups is 1. The lowest BCUT2D eigenvalue weighted by molar-refractivity contribution is 1.47. The molecule has 0 atom stereocenters. The molecule has 2 rings (SSSR count). The first-order valence-electron chi connectivity index (χ1n) is 4.78. The van der Waals surface area contributed by atoms with E-state index in [1.54, 1.807) is 11.8 Å². The van der Waals surface area contributed by atoms with Gasteiger partial charge < -0.3 is 0 Å². The van der Waals surface area contributed by atoms with Gasteiger partial charge in [0.15, 0.2) is 0 Å². The summed E-state index contributed by atoms with van der Waals surface area (Å²) in [6.07, 6.45) is 0. The van der Waals surface area contributed by atoms with E-state index in [4.69, 9.17) is 23.8 Å². The molecule has 0 nitrogen and oxygen atoms in total. The quantitative estimate of drug-likeness (QED) is 0.564. The second-order valence-electron chi connectivity index (χ2n) is 3.21. The minimum atomic E-state index is 0.745. The van der Waals surface area contributed by atoms with Gasteiger partial charge in [0.2, 0.25) is 0 Å². The number of halogens is 1. The van der Waals surface area contributed by atoms with Gasteiger partial charge in [0, 0.05) is 9.92 Å². The van der Waals surface area contributed by atoms with E-state index < -0.39 is 0 Å². The van der Waals surface area contributed by atoms with Gasteiger partial charge in [-0.05, 0) is 29.8 Å². The Kier molecular flexibility index (Phi) is 3.99. The van der Waals surface area contributed by atoms with E-state index in [-0.39, 0.29) is 0 Å². The predicted octanol–water partition coefficient (Wildman–Crippen LogP) is 4.81. The van der Waals surface area contributed by atoms with Crippen LogP contribution in [-0.4, -0.2) is 4.20 Å². The lowest BCUT2D eigenvalue weighted by Gasteiger charge is -2.03. The molecule has 0 spiro atoms. The van der Waals surface area contributed by atoms with Crippen LogP contribution >= 0.6 is 35.6 Å². The Morgan fingerprint density at radius 2 is 1.56 bits per heavy atom. The average molecular weight is 265 g/mol. The molecular formula is C13H9ClS2. The largest absolute Gasteiger partial charge is 0.0843 e. The zero-order chi connectivity index (χ0) is 11.4. The third-order valence-corrected chi connectivity index (χ3v) is 3.70. The van der Waals surface area contributed by atoms with Crippen molar-refractivity contribution < 1.29 is 0 Å². The van der Waals surface area contributed by atoms with Gasteiger partial charge in [-0.25, -0.2) is 0 Å². The SMILES string of the molecule is S=C(Sc1ccc(Cl)cc1)c1ccccc1. The molecule has 0 N–H and O–H groups in total. The molecule has 0 radical (unpaired) electrons. The van der Waals surface area contributed by atoms with Crippen LogP contribution in [0.1, 0.15) is 5.56 Å². The lowest BCUT2D eigenvalue weighted by atomic mass is 10.2. The van der Waals surface area contributed by atoms with Crippen LogP contribution in [0.4, 0.5) is 0 Å². The zero-order valence-electron chi connectivity index (χ0n) is 8.39. The fourth-order valence-electron chi connectivity index (χ4n) is 1.24. The number of hydrogen-bond donors (Lipinski definition) is 0. The summed E-state index contributed by atoms with van der Waals surface area (Å²) in [4.78, 5) is 1.11. The molecule has 0 bridgehead atoms. The van der Waals surface area contributed by atoms with Crippen LogP contribution in [0, 0.1) is 0 Å². The third-order valence-electron chi connectivity index (χ3n) is 2.03. The highest BCUT2D eigenvalue weighted by molar-refractivity contribution is 8.23. The first kappa shape index (κ1) is 11.6. The number of benzene rings is 2. The maximum atomic E-state index is 5.82. The minimum Gasteiger partial charge on any atom is -0.0843 e. The molecule has 0 aliphatic heterocycles. The number of thiocarbonyl (C=S) groups is 1. The topological polar surface area (TPSA) is 0 Å². The van der Waals surface area contributed by atoms with Crippen molar-refractivity contribution in [2.75, 3.05) is 0 Å². The van der Waals surface area contributed by atoms with Crippen LogP contribution in [0.3, 0.4) is 0 Å². The van der Waals surface area contributed by atoms with Crippen LogP contribution < -0.4 is 0 Å². The molecule has 0 aliphatic carbocycles. The van der Waals surface area contributed by atoms with E-state index in [0.29, 0.717) is 0 Å². The first-order chi connectivity index (χ1) is 7.75. The molecule has 3 heteroatoms.